The smallest absolute Gasteiger partial charge is 0.176 e. The van der Waals surface area contributed by atoms with E-state index in [1.165, 1.54) is 0 Å². The Balaban J connectivity index is 1.56. The maximum absolute atomic E-state index is 10.1. The van der Waals surface area contributed by atoms with Gasteiger partial charge in [-0.15, -0.1) is 0 Å². The summed E-state index contributed by atoms with van der Waals surface area (Å²) in [5.74, 6) is -1.95. The molecule has 36 heavy (non-hydrogen) atoms. The summed E-state index contributed by atoms with van der Waals surface area (Å²) < 4.78 is 26.8. The summed E-state index contributed by atoms with van der Waals surface area (Å²) in [7, 11) is 0. The van der Waals surface area contributed by atoms with Gasteiger partial charge in [0.15, 0.2) is 11.6 Å². The van der Waals surface area contributed by atoms with Gasteiger partial charge >= 0.3 is 0 Å². The van der Waals surface area contributed by atoms with Crippen molar-refractivity contribution < 1.29 is 29.2 Å². The first-order chi connectivity index (χ1) is 17.5. The minimum Gasteiger partial charge on any atom is -0.396 e. The average molecular weight is 497 g/mol. The summed E-state index contributed by atoms with van der Waals surface area (Å²) >= 11 is 0. The van der Waals surface area contributed by atoms with E-state index in [1.807, 2.05) is 36.4 Å². The van der Waals surface area contributed by atoms with E-state index in [1.54, 1.807) is 0 Å². The quantitative estimate of drug-likeness (QED) is 0.608. The molecular weight excluding hydrogens is 456 g/mol. The largest absolute Gasteiger partial charge is 0.396 e. The molecule has 0 aromatic heterocycles. The lowest BCUT2D eigenvalue weighted by atomic mass is 9.67. The monoisotopic (exact) mass is 496 g/mol. The minimum atomic E-state index is -0.857. The van der Waals surface area contributed by atoms with Crippen LogP contribution >= 0.6 is 0 Å². The lowest BCUT2D eigenvalue weighted by Crippen LogP contribution is -2.63. The van der Waals surface area contributed by atoms with Gasteiger partial charge in [0, 0.05) is 35.5 Å². The number of ether oxygens (including phenoxy) is 4. The summed E-state index contributed by atoms with van der Waals surface area (Å²) in [5, 5.41) is 20.2. The number of aliphatic hydroxyl groups excluding tert-OH is 2. The molecule has 6 heteroatoms. The molecule has 0 bridgehead atoms. The molecule has 2 N–H and O–H groups in total. The fraction of sp³-hybridized carbons (Fsp3) is 0.600. The summed E-state index contributed by atoms with van der Waals surface area (Å²) in [6.45, 7) is 6.01. The van der Waals surface area contributed by atoms with Crippen LogP contribution in [0, 0.1) is 10.8 Å². The van der Waals surface area contributed by atoms with Crippen molar-refractivity contribution in [2.75, 3.05) is 39.6 Å². The van der Waals surface area contributed by atoms with E-state index < -0.39 is 11.6 Å². The highest BCUT2D eigenvalue weighted by Gasteiger charge is 2.62. The highest BCUT2D eigenvalue weighted by atomic mass is 16.7. The van der Waals surface area contributed by atoms with Gasteiger partial charge in [0.25, 0.3) is 0 Å². The van der Waals surface area contributed by atoms with Crippen molar-refractivity contribution in [2.24, 2.45) is 10.8 Å². The third kappa shape index (κ3) is 4.42. The molecule has 6 nitrogen and oxygen atoms in total. The molecule has 2 spiro atoms. The van der Waals surface area contributed by atoms with Crippen molar-refractivity contribution in [1.29, 1.82) is 0 Å². The zero-order valence-corrected chi connectivity index (χ0v) is 21.5. The minimum absolute atomic E-state index is 0.0358. The normalized spacial score (nSPS) is 38.9. The highest BCUT2D eigenvalue weighted by molar-refractivity contribution is 5.30. The second-order valence-electron chi connectivity index (χ2n) is 11.1. The van der Waals surface area contributed by atoms with Crippen LogP contribution in [0.3, 0.4) is 0 Å². The summed E-state index contributed by atoms with van der Waals surface area (Å²) in [6.07, 6.45) is 2.71. The van der Waals surface area contributed by atoms with Gasteiger partial charge in [-0.3, -0.25) is 0 Å². The molecule has 3 aliphatic rings. The number of rotatable bonds is 6. The van der Waals surface area contributed by atoms with E-state index in [0.29, 0.717) is 39.3 Å². The Morgan fingerprint density at radius 1 is 0.611 bits per heavy atom. The third-order valence-corrected chi connectivity index (χ3v) is 9.10. The topological polar surface area (TPSA) is 77.4 Å². The molecule has 1 aliphatic carbocycles. The van der Waals surface area contributed by atoms with Crippen LogP contribution in [0.25, 0.3) is 0 Å². The molecule has 2 saturated heterocycles. The molecule has 2 aromatic rings. The molecule has 2 aromatic carbocycles. The van der Waals surface area contributed by atoms with Crippen molar-refractivity contribution in [3.05, 3.63) is 71.8 Å². The molecule has 2 aliphatic heterocycles. The van der Waals surface area contributed by atoms with Gasteiger partial charge in [0.2, 0.25) is 0 Å². The van der Waals surface area contributed by atoms with E-state index in [9.17, 15) is 10.2 Å². The standard InChI is InChI=1S/C30H40O6/c1-3-27(17-31)19-33-29(34-20-27)15-26(24-13-9-6-10-14-24)30(16-25(29)23-11-7-5-8-12-23)35-21-28(4-2,18-32)22-36-30/h5-14,25-26,31-32H,3-4,15-22H2,1-2H3. The van der Waals surface area contributed by atoms with Crippen LogP contribution in [0.4, 0.5) is 0 Å². The lowest BCUT2D eigenvalue weighted by Gasteiger charge is -2.59. The van der Waals surface area contributed by atoms with Gasteiger partial charge < -0.3 is 29.2 Å². The van der Waals surface area contributed by atoms with E-state index >= 15 is 0 Å². The summed E-state index contributed by atoms with van der Waals surface area (Å²) in [4.78, 5) is 0. The fourth-order valence-electron chi connectivity index (χ4n) is 6.00. The number of hydrogen-bond acceptors (Lipinski definition) is 6. The van der Waals surface area contributed by atoms with Crippen molar-refractivity contribution in [3.8, 4) is 0 Å². The van der Waals surface area contributed by atoms with Gasteiger partial charge in [-0.25, -0.2) is 0 Å². The summed E-state index contributed by atoms with van der Waals surface area (Å²) in [6, 6.07) is 20.7. The van der Waals surface area contributed by atoms with Crippen molar-refractivity contribution >= 4 is 0 Å². The van der Waals surface area contributed by atoms with Gasteiger partial charge in [0.05, 0.1) is 39.6 Å². The molecule has 196 valence electrons. The maximum atomic E-state index is 10.1. The maximum Gasteiger partial charge on any atom is 0.176 e. The Morgan fingerprint density at radius 2 is 0.944 bits per heavy atom. The van der Waals surface area contributed by atoms with E-state index in [4.69, 9.17) is 18.9 Å². The second-order valence-corrected chi connectivity index (χ2v) is 11.1. The molecule has 1 saturated carbocycles. The van der Waals surface area contributed by atoms with E-state index in [0.717, 1.165) is 24.0 Å². The second kappa shape index (κ2) is 10.2. The van der Waals surface area contributed by atoms with Gasteiger partial charge in [0.1, 0.15) is 0 Å². The number of aliphatic hydroxyl groups is 2. The first-order valence-corrected chi connectivity index (χ1v) is 13.3. The highest BCUT2D eigenvalue weighted by Crippen LogP contribution is 2.58. The molecule has 5 rings (SSSR count). The predicted molar refractivity (Wildman–Crippen MR) is 136 cm³/mol. The zero-order valence-electron chi connectivity index (χ0n) is 21.5. The van der Waals surface area contributed by atoms with Crippen LogP contribution < -0.4 is 0 Å². The first-order valence-electron chi connectivity index (χ1n) is 13.3. The molecule has 2 atom stereocenters. The lowest BCUT2D eigenvalue weighted by molar-refractivity contribution is -0.384. The van der Waals surface area contributed by atoms with Gasteiger partial charge in [-0.05, 0) is 24.0 Å². The van der Waals surface area contributed by atoms with E-state index in [2.05, 4.69) is 38.1 Å². The van der Waals surface area contributed by atoms with Crippen molar-refractivity contribution in [2.45, 2.75) is 62.9 Å². The molecule has 0 radical (unpaired) electrons. The Bertz CT molecular complexity index is 884. The molecular formula is C30H40O6. The third-order valence-electron chi connectivity index (χ3n) is 9.10. The summed E-state index contributed by atoms with van der Waals surface area (Å²) in [5.41, 5.74) is 1.48. The van der Waals surface area contributed by atoms with Crippen LogP contribution in [-0.4, -0.2) is 61.4 Å². The van der Waals surface area contributed by atoms with Crippen molar-refractivity contribution in [1.82, 2.24) is 0 Å². The van der Waals surface area contributed by atoms with Gasteiger partial charge in [-0.2, -0.15) is 0 Å². The van der Waals surface area contributed by atoms with Crippen LogP contribution in [-0.2, 0) is 18.9 Å². The fourth-order valence-corrected chi connectivity index (χ4v) is 6.00. The van der Waals surface area contributed by atoms with Crippen LogP contribution in [0.1, 0.15) is 62.5 Å². The molecule has 2 heterocycles. The molecule has 2 unspecified atom stereocenters. The van der Waals surface area contributed by atoms with Crippen LogP contribution in [0.2, 0.25) is 0 Å². The van der Waals surface area contributed by atoms with Crippen molar-refractivity contribution in [3.63, 3.8) is 0 Å². The van der Waals surface area contributed by atoms with Gasteiger partial charge in [-0.1, -0.05) is 74.5 Å². The van der Waals surface area contributed by atoms with E-state index in [-0.39, 0.29) is 35.9 Å². The predicted octanol–water partition coefficient (Wildman–Crippen LogP) is 4.61. The van der Waals surface area contributed by atoms with Crippen LogP contribution in [0.15, 0.2) is 60.7 Å². The molecule has 0 amide bonds. The first kappa shape index (κ1) is 25.8. The number of benzene rings is 2. The Hall–Kier alpha value is -1.80. The zero-order chi connectivity index (χ0) is 25.3. The molecule has 3 fully saturated rings. The average Bonchev–Trinajstić information content (AvgIpc) is 2.96. The Kier molecular flexibility index (Phi) is 7.29. The number of hydrogen-bond donors (Lipinski definition) is 2. The van der Waals surface area contributed by atoms with Crippen LogP contribution in [0.5, 0.6) is 0 Å². The Labute approximate surface area is 214 Å². The Morgan fingerprint density at radius 3 is 1.22 bits per heavy atom. The SMILES string of the molecule is CCC1(CO)COC2(CC(c3ccccc3)C3(CC2c2ccccc2)OCC(CC)(CO)CO3)OC1.